The van der Waals surface area contributed by atoms with Gasteiger partial charge >= 0.3 is 5.97 Å². The molecule has 2 aromatic heterocycles. The van der Waals surface area contributed by atoms with Gasteiger partial charge in [0, 0.05) is 26.1 Å². The van der Waals surface area contributed by atoms with Crippen LogP contribution in [-0.4, -0.2) is 53.0 Å². The lowest BCUT2D eigenvalue weighted by atomic mass is 10.2. The van der Waals surface area contributed by atoms with Crippen LogP contribution in [0.3, 0.4) is 0 Å². The second kappa shape index (κ2) is 7.72. The lowest BCUT2D eigenvalue weighted by Crippen LogP contribution is -2.27. The first-order chi connectivity index (χ1) is 12.5. The number of carbonyl (C=O) groups is 2. The minimum Gasteiger partial charge on any atom is -0.462 e. The molecule has 1 saturated heterocycles. The molecule has 1 aliphatic rings. The van der Waals surface area contributed by atoms with Gasteiger partial charge in [0.1, 0.15) is 23.0 Å². The number of ether oxygens (including phenoxy) is 1. The highest BCUT2D eigenvalue weighted by atomic mass is 16.5. The molecule has 0 unspecified atom stereocenters. The van der Waals surface area contributed by atoms with E-state index in [0.717, 1.165) is 19.4 Å². The second-order valence-electron chi connectivity index (χ2n) is 6.32. The molecule has 0 atom stereocenters. The van der Waals surface area contributed by atoms with Crippen molar-refractivity contribution < 1.29 is 18.7 Å². The third kappa shape index (κ3) is 3.63. The summed E-state index contributed by atoms with van der Waals surface area (Å²) in [5.41, 5.74) is 0.731. The third-order valence-corrected chi connectivity index (χ3v) is 4.39. The number of aromatic nitrogens is 2. The van der Waals surface area contributed by atoms with Gasteiger partial charge in [0.25, 0.3) is 0 Å². The Hall–Kier alpha value is -2.64. The highest BCUT2D eigenvalue weighted by molar-refractivity contribution is 6.07. The minimum absolute atomic E-state index is 0.223. The molecule has 1 amide bonds. The van der Waals surface area contributed by atoms with Gasteiger partial charge in [-0.05, 0) is 33.6 Å². The molecule has 0 saturated carbocycles. The van der Waals surface area contributed by atoms with Crippen molar-refractivity contribution in [1.82, 2.24) is 14.9 Å². The van der Waals surface area contributed by atoms with Crippen LogP contribution >= 0.6 is 0 Å². The largest absolute Gasteiger partial charge is 0.462 e. The number of aryl methyl sites for hydroxylation is 2. The maximum Gasteiger partial charge on any atom is 0.342 e. The number of rotatable bonds is 7. The van der Waals surface area contributed by atoms with Gasteiger partial charge in [-0.25, -0.2) is 9.78 Å². The van der Waals surface area contributed by atoms with Crippen molar-refractivity contribution in [3.05, 3.63) is 17.1 Å². The molecular formula is C18H24N4O4. The predicted octanol–water partition coefficient (Wildman–Crippen LogP) is 2.44. The Labute approximate surface area is 151 Å². The van der Waals surface area contributed by atoms with E-state index in [2.05, 4.69) is 15.3 Å². The first-order valence-electron chi connectivity index (χ1n) is 8.97. The summed E-state index contributed by atoms with van der Waals surface area (Å²) in [6.45, 7) is 7.71. The number of esters is 1. The van der Waals surface area contributed by atoms with Crippen LogP contribution in [0, 0.1) is 13.8 Å². The van der Waals surface area contributed by atoms with Gasteiger partial charge in [0.05, 0.1) is 12.0 Å². The van der Waals surface area contributed by atoms with Crippen LogP contribution in [0.2, 0.25) is 0 Å². The average molecular weight is 360 g/mol. The topological polar surface area (TPSA) is 97.6 Å². The molecule has 0 radical (unpaired) electrons. The molecule has 3 heterocycles. The van der Waals surface area contributed by atoms with Crippen molar-refractivity contribution in [1.29, 1.82) is 0 Å². The molecule has 2 aromatic rings. The zero-order valence-corrected chi connectivity index (χ0v) is 15.4. The highest BCUT2D eigenvalue weighted by Crippen LogP contribution is 2.30. The number of nitrogens with one attached hydrogen (secondary N) is 1. The number of hydrogen-bond acceptors (Lipinski definition) is 7. The van der Waals surface area contributed by atoms with E-state index in [1.54, 1.807) is 20.8 Å². The maximum atomic E-state index is 12.3. The molecule has 1 fully saturated rings. The monoisotopic (exact) mass is 360 g/mol. The van der Waals surface area contributed by atoms with Crippen LogP contribution in [0.4, 0.5) is 5.82 Å². The highest BCUT2D eigenvalue weighted by Gasteiger charge is 2.24. The Morgan fingerprint density at radius 3 is 2.85 bits per heavy atom. The SMILES string of the molecule is CCOC(=O)c1c(C)oc2nc(C)nc(NCCCN3CCCC3=O)c12. The van der Waals surface area contributed by atoms with E-state index < -0.39 is 5.97 Å². The van der Waals surface area contributed by atoms with Crippen LogP contribution in [-0.2, 0) is 9.53 Å². The summed E-state index contributed by atoms with van der Waals surface area (Å²) >= 11 is 0. The van der Waals surface area contributed by atoms with Crippen LogP contribution in [0.25, 0.3) is 11.1 Å². The Balaban J connectivity index is 1.78. The number of fused-ring (bicyclic) bond motifs is 1. The molecule has 8 nitrogen and oxygen atoms in total. The summed E-state index contributed by atoms with van der Waals surface area (Å²) in [6.07, 6.45) is 2.38. The van der Waals surface area contributed by atoms with Gasteiger partial charge in [-0.3, -0.25) is 4.79 Å². The quantitative estimate of drug-likeness (QED) is 0.598. The number of hydrogen-bond donors (Lipinski definition) is 1. The van der Waals surface area contributed by atoms with Gasteiger partial charge in [-0.15, -0.1) is 0 Å². The van der Waals surface area contributed by atoms with Gasteiger partial charge < -0.3 is 19.4 Å². The summed E-state index contributed by atoms with van der Waals surface area (Å²) in [5.74, 6) is 1.35. The number of furan rings is 1. The summed E-state index contributed by atoms with van der Waals surface area (Å²) in [5, 5.41) is 3.81. The Morgan fingerprint density at radius 2 is 2.15 bits per heavy atom. The number of likely N-dealkylation sites (tertiary alicyclic amines) is 1. The molecule has 8 heteroatoms. The smallest absolute Gasteiger partial charge is 0.342 e. The van der Waals surface area contributed by atoms with E-state index in [0.29, 0.717) is 53.6 Å². The Bertz CT molecular complexity index is 830. The van der Waals surface area contributed by atoms with Crippen molar-refractivity contribution in [3.63, 3.8) is 0 Å². The fourth-order valence-corrected chi connectivity index (χ4v) is 3.21. The number of amides is 1. The summed E-state index contributed by atoms with van der Waals surface area (Å²) in [7, 11) is 0. The zero-order valence-electron chi connectivity index (χ0n) is 15.4. The lowest BCUT2D eigenvalue weighted by Gasteiger charge is -2.15. The maximum absolute atomic E-state index is 12.3. The van der Waals surface area contributed by atoms with Crippen molar-refractivity contribution in [2.45, 2.75) is 40.0 Å². The molecule has 0 bridgehead atoms. The molecule has 26 heavy (non-hydrogen) atoms. The average Bonchev–Trinajstić information content (AvgIpc) is 3.14. The fourth-order valence-electron chi connectivity index (χ4n) is 3.21. The van der Waals surface area contributed by atoms with Crippen molar-refractivity contribution in [2.75, 3.05) is 31.6 Å². The molecule has 0 aliphatic carbocycles. The second-order valence-corrected chi connectivity index (χ2v) is 6.32. The van der Waals surface area contributed by atoms with Crippen molar-refractivity contribution in [2.24, 2.45) is 0 Å². The number of anilines is 1. The minimum atomic E-state index is -0.443. The van der Waals surface area contributed by atoms with E-state index in [4.69, 9.17) is 9.15 Å². The van der Waals surface area contributed by atoms with E-state index in [1.165, 1.54) is 0 Å². The van der Waals surface area contributed by atoms with Crippen LogP contribution in [0.15, 0.2) is 4.42 Å². The van der Waals surface area contributed by atoms with Gasteiger partial charge in [0.2, 0.25) is 11.6 Å². The van der Waals surface area contributed by atoms with Gasteiger partial charge in [0.15, 0.2) is 0 Å². The molecule has 1 aliphatic heterocycles. The first-order valence-corrected chi connectivity index (χ1v) is 8.97. The third-order valence-electron chi connectivity index (χ3n) is 4.39. The van der Waals surface area contributed by atoms with E-state index in [-0.39, 0.29) is 12.5 Å². The van der Waals surface area contributed by atoms with E-state index >= 15 is 0 Å². The zero-order chi connectivity index (χ0) is 18.7. The lowest BCUT2D eigenvalue weighted by molar-refractivity contribution is -0.127. The normalized spacial score (nSPS) is 14.3. The molecule has 3 rings (SSSR count). The molecule has 140 valence electrons. The van der Waals surface area contributed by atoms with Crippen LogP contribution < -0.4 is 5.32 Å². The summed E-state index contributed by atoms with van der Waals surface area (Å²) < 4.78 is 10.8. The molecule has 0 aromatic carbocycles. The fraction of sp³-hybridized carbons (Fsp3) is 0.556. The standard InChI is InChI=1S/C18H24N4O4/c1-4-25-18(24)14-11(2)26-17-15(14)16(20-12(3)21-17)19-8-6-10-22-9-5-7-13(22)23/h4-10H2,1-3H3,(H,19,20,21). The first kappa shape index (κ1) is 18.2. The van der Waals surface area contributed by atoms with E-state index in [1.807, 2.05) is 4.90 Å². The predicted molar refractivity (Wildman–Crippen MR) is 96.2 cm³/mol. The summed E-state index contributed by atoms with van der Waals surface area (Å²) in [6, 6.07) is 0. The van der Waals surface area contributed by atoms with Crippen molar-refractivity contribution >= 4 is 28.8 Å². The Morgan fingerprint density at radius 1 is 1.35 bits per heavy atom. The molecule has 1 N–H and O–H groups in total. The van der Waals surface area contributed by atoms with Crippen LogP contribution in [0.1, 0.15) is 48.1 Å². The molecular weight excluding hydrogens is 336 g/mol. The number of nitrogens with zero attached hydrogens (tertiary/aromatic N) is 3. The molecule has 0 spiro atoms. The van der Waals surface area contributed by atoms with Gasteiger partial charge in [-0.2, -0.15) is 4.98 Å². The number of carbonyl (C=O) groups excluding carboxylic acids is 2. The summed E-state index contributed by atoms with van der Waals surface area (Å²) in [4.78, 5) is 34.6. The van der Waals surface area contributed by atoms with Gasteiger partial charge in [-0.1, -0.05) is 0 Å². The Kier molecular flexibility index (Phi) is 5.39. The van der Waals surface area contributed by atoms with E-state index in [9.17, 15) is 9.59 Å². The van der Waals surface area contributed by atoms with Crippen molar-refractivity contribution in [3.8, 4) is 0 Å². The van der Waals surface area contributed by atoms with Crippen LogP contribution in [0.5, 0.6) is 0 Å².